The molecule has 0 aromatic heterocycles. The Balaban J connectivity index is 1.60. The van der Waals surface area contributed by atoms with Gasteiger partial charge in [0.2, 0.25) is 0 Å². The second-order valence-electron chi connectivity index (χ2n) is 8.92. The van der Waals surface area contributed by atoms with Crippen molar-refractivity contribution in [2.24, 2.45) is 28.6 Å². The summed E-state index contributed by atoms with van der Waals surface area (Å²) in [6.07, 6.45) is 0.197. The molecule has 25 heavy (non-hydrogen) atoms. The van der Waals surface area contributed by atoms with E-state index in [2.05, 4.69) is 6.92 Å². The van der Waals surface area contributed by atoms with Gasteiger partial charge in [-0.3, -0.25) is 9.59 Å². The Kier molecular flexibility index (Phi) is 2.08. The molecular formula is C22H28O3. The highest BCUT2D eigenvalue weighted by Crippen LogP contribution is 2.68. The molecule has 4 aliphatic carbocycles. The summed E-state index contributed by atoms with van der Waals surface area (Å²) in [6.45, 7) is 4.00. The van der Waals surface area contributed by atoms with Crippen LogP contribution in [0.15, 0.2) is 23.8 Å². The molecule has 3 heteroatoms. The molecule has 3 fully saturated rings. The molecule has 0 radical (unpaired) electrons. The average molecular weight is 346 g/mol. The topological polar surface area (TPSA) is 43.4 Å². The number of carbonyl (C=O) groups excluding carboxylic acids is 2. The van der Waals surface area contributed by atoms with E-state index in [0.717, 1.165) is 0 Å². The first-order chi connectivity index (χ1) is 14.2. The maximum absolute atomic E-state index is 12.4. The molecule has 3 nitrogen and oxygen atoms in total. The van der Waals surface area contributed by atoms with Gasteiger partial charge in [-0.1, -0.05) is 26.0 Å². The fourth-order valence-corrected chi connectivity index (χ4v) is 6.48. The van der Waals surface area contributed by atoms with Crippen LogP contribution in [0.2, 0.25) is 0 Å². The number of hydrogen-bond acceptors (Lipinski definition) is 3. The van der Waals surface area contributed by atoms with E-state index in [0.29, 0.717) is 37.3 Å². The van der Waals surface area contributed by atoms with Crippen LogP contribution in [0.4, 0.5) is 0 Å². The number of fused-ring (bicyclic) bond motifs is 6. The summed E-state index contributed by atoms with van der Waals surface area (Å²) < 4.78 is 55.6. The zero-order valence-corrected chi connectivity index (χ0v) is 14.8. The van der Waals surface area contributed by atoms with Crippen molar-refractivity contribution in [3.05, 3.63) is 23.8 Å². The smallest absolute Gasteiger partial charge is 0.306 e. The van der Waals surface area contributed by atoms with Crippen molar-refractivity contribution in [3.8, 4) is 0 Å². The van der Waals surface area contributed by atoms with E-state index in [1.165, 1.54) is 0 Å². The molecule has 5 aliphatic rings. The highest BCUT2D eigenvalue weighted by atomic mass is 16.6. The van der Waals surface area contributed by atoms with Crippen LogP contribution < -0.4 is 0 Å². The lowest BCUT2D eigenvalue weighted by molar-refractivity contribution is -0.165. The fraction of sp³-hybridized carbons (Fsp3) is 0.727. The Morgan fingerprint density at radius 1 is 1.12 bits per heavy atom. The van der Waals surface area contributed by atoms with Crippen LogP contribution in [0.5, 0.6) is 0 Å². The Bertz CT molecular complexity index is 970. The lowest BCUT2D eigenvalue weighted by Crippen LogP contribution is -2.53. The normalized spacial score (nSPS) is 59.3. The average Bonchev–Trinajstić information content (AvgIpc) is 3.07. The quantitative estimate of drug-likeness (QED) is 0.612. The maximum atomic E-state index is 12.4. The van der Waals surface area contributed by atoms with Crippen molar-refractivity contribution in [1.29, 1.82) is 0 Å². The number of carbonyl (C=O) groups is 2. The molecule has 6 atom stereocenters. The molecule has 0 N–H and O–H groups in total. The molecule has 1 heterocycles. The number of allylic oxidation sites excluding steroid dienone is 4. The summed E-state index contributed by atoms with van der Waals surface area (Å²) >= 11 is 0. The number of rotatable bonds is 0. The zero-order chi connectivity index (χ0) is 22.8. The Labute approximate surface area is 158 Å². The van der Waals surface area contributed by atoms with Crippen molar-refractivity contribution in [3.63, 3.8) is 0 Å². The Morgan fingerprint density at radius 2 is 1.92 bits per heavy atom. The second kappa shape index (κ2) is 4.86. The summed E-state index contributed by atoms with van der Waals surface area (Å²) in [4.78, 5) is 24.7. The second-order valence-corrected chi connectivity index (χ2v) is 8.92. The van der Waals surface area contributed by atoms with E-state index in [4.69, 9.17) is 13.0 Å². The van der Waals surface area contributed by atoms with Crippen LogP contribution in [0.25, 0.3) is 0 Å². The molecule has 0 aromatic rings. The highest BCUT2D eigenvalue weighted by Gasteiger charge is 2.66. The first-order valence-electron chi connectivity index (χ1n) is 12.4. The monoisotopic (exact) mass is 346 g/mol. The number of ether oxygens (including phenoxy) is 1. The number of esters is 1. The first-order valence-corrected chi connectivity index (χ1v) is 9.36. The van der Waals surface area contributed by atoms with Crippen molar-refractivity contribution in [2.45, 2.75) is 70.7 Å². The summed E-state index contributed by atoms with van der Waals surface area (Å²) in [5.74, 6) is -1.85. The predicted octanol–water partition coefficient (Wildman–Crippen LogP) is 4.37. The predicted molar refractivity (Wildman–Crippen MR) is 94.7 cm³/mol. The van der Waals surface area contributed by atoms with Crippen LogP contribution in [0.1, 0.15) is 73.3 Å². The Hall–Kier alpha value is -1.38. The summed E-state index contributed by atoms with van der Waals surface area (Å²) in [6, 6.07) is 0.0499. The van der Waals surface area contributed by atoms with Gasteiger partial charge in [-0.25, -0.2) is 0 Å². The SMILES string of the molecule is [2H]C1=CC2=C([2H])C(=O)C([2H])([2H])C[C@]2(C)[C@H]2CC[C@@]3(C)[C@@H](CC[C@@]34CC([2H])([2H])C(=O)O4)[C@H]12. The van der Waals surface area contributed by atoms with Crippen LogP contribution in [0.3, 0.4) is 0 Å². The van der Waals surface area contributed by atoms with Gasteiger partial charge in [0.25, 0.3) is 0 Å². The molecule has 2 saturated carbocycles. The first kappa shape index (κ1) is 10.7. The van der Waals surface area contributed by atoms with Crippen LogP contribution in [-0.2, 0) is 14.3 Å². The van der Waals surface area contributed by atoms with Crippen molar-refractivity contribution in [1.82, 2.24) is 0 Å². The molecular weight excluding hydrogens is 312 g/mol. The minimum Gasteiger partial charge on any atom is -0.458 e. The zero-order valence-electron chi connectivity index (χ0n) is 20.8. The molecule has 0 amide bonds. The number of ketones is 1. The molecule has 1 aliphatic heterocycles. The summed E-state index contributed by atoms with van der Waals surface area (Å²) in [7, 11) is 0. The van der Waals surface area contributed by atoms with Gasteiger partial charge < -0.3 is 4.74 Å². The molecule has 0 aromatic carbocycles. The maximum Gasteiger partial charge on any atom is 0.306 e. The van der Waals surface area contributed by atoms with Crippen molar-refractivity contribution in [2.75, 3.05) is 0 Å². The van der Waals surface area contributed by atoms with Gasteiger partial charge in [0.1, 0.15) is 5.60 Å². The standard InChI is InChI=1S/C22H28O3/c1-20-9-5-15(23)13-14(20)3-4-16-17(20)6-10-21(2)18(16)7-11-22(21)12-8-19(24)25-22/h3-4,13,16-18H,5-12H2,1-2H3/t16-,17+,18+,20+,21+,22-/m1/s1/i4D,5D2,8D2,13D. The third-order valence-electron chi connectivity index (χ3n) is 8.08. The molecule has 1 spiro atoms. The summed E-state index contributed by atoms with van der Waals surface area (Å²) in [5, 5.41) is 0. The fourth-order valence-electron chi connectivity index (χ4n) is 6.48. The van der Waals surface area contributed by atoms with Crippen molar-refractivity contribution < 1.29 is 22.6 Å². The lowest BCUT2D eigenvalue weighted by Gasteiger charge is -2.57. The molecule has 5 rings (SSSR count). The van der Waals surface area contributed by atoms with Crippen LogP contribution in [0, 0.1) is 28.6 Å². The van der Waals surface area contributed by atoms with Crippen molar-refractivity contribution >= 4 is 11.8 Å². The van der Waals surface area contributed by atoms with E-state index in [1.54, 1.807) is 6.08 Å². The van der Waals surface area contributed by atoms with Gasteiger partial charge in [0.05, 0.1) is 2.74 Å². The minimum atomic E-state index is -2.10. The van der Waals surface area contributed by atoms with Gasteiger partial charge in [-0.15, -0.1) is 0 Å². The van der Waals surface area contributed by atoms with Gasteiger partial charge in [0, 0.05) is 23.6 Å². The molecule has 134 valence electrons. The largest absolute Gasteiger partial charge is 0.458 e. The molecule has 0 bridgehead atoms. The lowest BCUT2D eigenvalue weighted by atomic mass is 9.48. The van der Waals surface area contributed by atoms with E-state index >= 15 is 0 Å². The Morgan fingerprint density at radius 3 is 2.68 bits per heavy atom. The third kappa shape index (κ3) is 1.88. The van der Waals surface area contributed by atoms with Crippen LogP contribution in [-0.4, -0.2) is 17.4 Å². The minimum absolute atomic E-state index is 0.00718. The third-order valence-corrected chi connectivity index (χ3v) is 8.08. The van der Waals surface area contributed by atoms with E-state index < -0.39 is 40.9 Å². The van der Waals surface area contributed by atoms with Gasteiger partial charge in [0.15, 0.2) is 5.78 Å². The van der Waals surface area contributed by atoms with Crippen LogP contribution >= 0.6 is 0 Å². The van der Waals surface area contributed by atoms with Gasteiger partial charge in [-0.05, 0) is 73.3 Å². The van der Waals surface area contributed by atoms with Gasteiger partial charge in [-0.2, -0.15) is 0 Å². The van der Waals surface area contributed by atoms with Gasteiger partial charge >= 0.3 is 5.97 Å². The molecule has 0 unspecified atom stereocenters. The summed E-state index contributed by atoms with van der Waals surface area (Å²) in [5.41, 5.74) is -1.54. The highest BCUT2D eigenvalue weighted by molar-refractivity contribution is 5.92. The van der Waals surface area contributed by atoms with E-state index in [-0.39, 0.29) is 36.6 Å². The van der Waals surface area contributed by atoms with E-state index in [9.17, 15) is 9.59 Å². The molecule has 1 saturated heterocycles. The van der Waals surface area contributed by atoms with E-state index in [1.807, 2.05) is 6.92 Å². The number of hydrogen-bond donors (Lipinski definition) is 0.